The number of hydrogen-bond donors (Lipinski definition) is 0. The van der Waals surface area contributed by atoms with Crippen molar-refractivity contribution in [2.45, 2.75) is 136 Å². The maximum absolute atomic E-state index is 12.9. The molecule has 6 heteroatoms. The molecule has 0 unspecified atom stereocenters. The Morgan fingerprint density at radius 1 is 0.400 bits per heavy atom. The molecule has 0 fully saturated rings. The highest BCUT2D eigenvalue weighted by Gasteiger charge is 2.24. The van der Waals surface area contributed by atoms with E-state index in [9.17, 15) is 9.59 Å². The van der Waals surface area contributed by atoms with Gasteiger partial charge in [0.25, 0.3) is 0 Å². The van der Waals surface area contributed by atoms with E-state index >= 15 is 0 Å². The minimum atomic E-state index is -0.412. The number of ether oxygens (including phenoxy) is 4. The van der Waals surface area contributed by atoms with Gasteiger partial charge in [0.15, 0.2) is 0 Å². The first-order valence-electron chi connectivity index (χ1n) is 20.9. The van der Waals surface area contributed by atoms with Gasteiger partial charge in [-0.15, -0.1) is 0 Å². The van der Waals surface area contributed by atoms with Gasteiger partial charge in [0, 0.05) is 5.41 Å². The van der Waals surface area contributed by atoms with Gasteiger partial charge in [-0.25, -0.2) is 9.59 Å². The molecular formula is C49H64O6. The summed E-state index contributed by atoms with van der Waals surface area (Å²) in [6.07, 6.45) is 20.2. The van der Waals surface area contributed by atoms with E-state index in [0.29, 0.717) is 35.8 Å². The number of benzene rings is 4. The molecule has 0 N–H and O–H groups in total. The second-order valence-electron chi connectivity index (χ2n) is 15.1. The standard InChI is InChI=1S/C49H64O6/c1-5-7-9-11-13-15-17-19-37-52-43-29-21-39(22-30-43)47(50)54-45-33-25-41(26-34-45)49(3,4)42-27-35-46(36-28-42)55-48(51)40-23-31-44(32-24-40)53-38-20-18-16-14-12-10-8-6-2/h21-36H,5-20,37-38H2,1-4H3. The van der Waals surface area contributed by atoms with Crippen LogP contribution in [0.5, 0.6) is 23.0 Å². The molecule has 0 bridgehead atoms. The van der Waals surface area contributed by atoms with Crippen molar-refractivity contribution in [3.8, 4) is 23.0 Å². The molecule has 0 aliphatic rings. The van der Waals surface area contributed by atoms with Crippen molar-refractivity contribution < 1.29 is 28.5 Å². The fraction of sp³-hybridized carbons (Fsp3) is 0.469. The summed E-state index contributed by atoms with van der Waals surface area (Å²) in [6.45, 7) is 10.1. The average molecular weight is 749 g/mol. The van der Waals surface area contributed by atoms with E-state index < -0.39 is 11.9 Å². The molecule has 0 atom stereocenters. The molecule has 0 aliphatic heterocycles. The van der Waals surface area contributed by atoms with Crippen molar-refractivity contribution in [2.75, 3.05) is 13.2 Å². The van der Waals surface area contributed by atoms with Crippen LogP contribution in [-0.2, 0) is 5.41 Å². The van der Waals surface area contributed by atoms with E-state index in [0.717, 1.165) is 35.5 Å². The van der Waals surface area contributed by atoms with Crippen LogP contribution >= 0.6 is 0 Å². The summed E-state index contributed by atoms with van der Waals surface area (Å²) >= 11 is 0. The van der Waals surface area contributed by atoms with Crippen LogP contribution in [0, 0.1) is 0 Å². The monoisotopic (exact) mass is 748 g/mol. The molecular weight excluding hydrogens is 685 g/mol. The normalized spacial score (nSPS) is 11.3. The molecule has 4 rings (SSSR count). The summed E-state index contributed by atoms with van der Waals surface area (Å²) in [5, 5.41) is 0. The average Bonchev–Trinajstić information content (AvgIpc) is 3.20. The van der Waals surface area contributed by atoms with Crippen LogP contribution in [-0.4, -0.2) is 25.2 Å². The molecule has 6 nitrogen and oxygen atoms in total. The Hall–Kier alpha value is -4.58. The highest BCUT2D eigenvalue weighted by atomic mass is 16.5. The molecule has 296 valence electrons. The highest BCUT2D eigenvalue weighted by Crippen LogP contribution is 2.34. The number of carbonyl (C=O) groups is 2. The van der Waals surface area contributed by atoms with E-state index in [4.69, 9.17) is 18.9 Å². The molecule has 4 aromatic carbocycles. The minimum absolute atomic E-state index is 0.347. The summed E-state index contributed by atoms with van der Waals surface area (Å²) in [5.74, 6) is 1.65. The fourth-order valence-corrected chi connectivity index (χ4v) is 6.60. The Bertz CT molecular complexity index is 1530. The molecule has 0 aromatic heterocycles. The molecule has 4 aromatic rings. The van der Waals surface area contributed by atoms with E-state index in [-0.39, 0.29) is 5.41 Å². The van der Waals surface area contributed by atoms with Crippen LogP contribution in [0.25, 0.3) is 0 Å². The molecule has 0 saturated heterocycles. The van der Waals surface area contributed by atoms with Crippen LogP contribution in [0.15, 0.2) is 97.1 Å². The Labute approximate surface area is 331 Å². The zero-order valence-electron chi connectivity index (χ0n) is 33.9. The van der Waals surface area contributed by atoms with Crippen LogP contribution in [0.1, 0.15) is 162 Å². The number of carbonyl (C=O) groups excluding carboxylic acids is 2. The molecule has 0 spiro atoms. The van der Waals surface area contributed by atoms with Crippen LogP contribution < -0.4 is 18.9 Å². The first-order valence-corrected chi connectivity index (χ1v) is 20.9. The molecule has 0 heterocycles. The van der Waals surface area contributed by atoms with Gasteiger partial charge < -0.3 is 18.9 Å². The third-order valence-corrected chi connectivity index (χ3v) is 10.3. The van der Waals surface area contributed by atoms with Gasteiger partial charge in [0.2, 0.25) is 0 Å². The Morgan fingerprint density at radius 3 is 1.02 bits per heavy atom. The van der Waals surface area contributed by atoms with Crippen molar-refractivity contribution in [2.24, 2.45) is 0 Å². The molecule has 55 heavy (non-hydrogen) atoms. The molecule has 0 aliphatic carbocycles. The summed E-state index contributed by atoms with van der Waals surface area (Å²) in [4.78, 5) is 25.7. The van der Waals surface area contributed by atoms with Gasteiger partial charge >= 0.3 is 11.9 Å². The topological polar surface area (TPSA) is 71.1 Å². The van der Waals surface area contributed by atoms with Gasteiger partial charge in [-0.1, -0.05) is 142 Å². The summed E-state index contributed by atoms with van der Waals surface area (Å²) in [7, 11) is 0. The van der Waals surface area contributed by atoms with E-state index in [1.54, 1.807) is 24.3 Å². The van der Waals surface area contributed by atoms with Crippen molar-refractivity contribution in [3.05, 3.63) is 119 Å². The van der Waals surface area contributed by atoms with Gasteiger partial charge in [0.1, 0.15) is 23.0 Å². The van der Waals surface area contributed by atoms with Crippen molar-refractivity contribution in [3.63, 3.8) is 0 Å². The molecule has 0 radical (unpaired) electrons. The lowest BCUT2D eigenvalue weighted by atomic mass is 9.78. The predicted octanol–water partition coefficient (Wildman–Crippen LogP) is 13.5. The Morgan fingerprint density at radius 2 is 0.691 bits per heavy atom. The maximum atomic E-state index is 12.9. The highest BCUT2D eigenvalue weighted by molar-refractivity contribution is 5.91. The van der Waals surface area contributed by atoms with Crippen LogP contribution in [0.2, 0.25) is 0 Å². The Kier molecular flexibility index (Phi) is 18.9. The van der Waals surface area contributed by atoms with Crippen molar-refractivity contribution in [1.82, 2.24) is 0 Å². The van der Waals surface area contributed by atoms with Crippen molar-refractivity contribution in [1.29, 1.82) is 0 Å². The second-order valence-corrected chi connectivity index (χ2v) is 15.1. The van der Waals surface area contributed by atoms with Gasteiger partial charge in [-0.2, -0.15) is 0 Å². The van der Waals surface area contributed by atoms with Gasteiger partial charge in [-0.05, 0) is 96.8 Å². The lowest BCUT2D eigenvalue weighted by molar-refractivity contribution is 0.0725. The zero-order valence-corrected chi connectivity index (χ0v) is 33.9. The smallest absolute Gasteiger partial charge is 0.343 e. The van der Waals surface area contributed by atoms with Gasteiger partial charge in [0.05, 0.1) is 24.3 Å². The lowest BCUT2D eigenvalue weighted by Crippen LogP contribution is -2.19. The predicted molar refractivity (Wildman–Crippen MR) is 224 cm³/mol. The first kappa shape index (κ1) is 43.2. The van der Waals surface area contributed by atoms with Crippen molar-refractivity contribution >= 4 is 11.9 Å². The lowest BCUT2D eigenvalue weighted by Gasteiger charge is -2.26. The largest absolute Gasteiger partial charge is 0.494 e. The van der Waals surface area contributed by atoms with E-state index in [2.05, 4.69) is 27.7 Å². The quantitative estimate of drug-likeness (QED) is 0.0362. The third-order valence-electron chi connectivity index (χ3n) is 10.3. The number of esters is 2. The van der Waals surface area contributed by atoms with Crippen LogP contribution in [0.3, 0.4) is 0 Å². The molecule has 0 amide bonds. The Balaban J connectivity index is 1.18. The fourth-order valence-electron chi connectivity index (χ4n) is 6.60. The van der Waals surface area contributed by atoms with E-state index in [1.807, 2.05) is 72.8 Å². The SMILES string of the molecule is CCCCCCCCCCOc1ccc(C(=O)Oc2ccc(C(C)(C)c3ccc(OC(=O)c4ccc(OCCCCCCCCCC)cc4)cc3)cc2)cc1. The second kappa shape index (κ2) is 24.0. The third kappa shape index (κ3) is 15.2. The van der Waals surface area contributed by atoms with E-state index in [1.165, 1.54) is 89.9 Å². The number of hydrogen-bond acceptors (Lipinski definition) is 6. The summed E-state index contributed by atoms with van der Waals surface area (Å²) in [5.41, 5.74) is 2.71. The number of unbranched alkanes of at least 4 members (excludes halogenated alkanes) is 14. The number of rotatable bonds is 26. The zero-order chi connectivity index (χ0) is 39.1. The maximum Gasteiger partial charge on any atom is 0.343 e. The summed E-state index contributed by atoms with van der Waals surface area (Å²) in [6, 6.07) is 29.4. The van der Waals surface area contributed by atoms with Crippen LogP contribution in [0.4, 0.5) is 0 Å². The molecule has 0 saturated carbocycles. The summed E-state index contributed by atoms with van der Waals surface area (Å²) < 4.78 is 23.1. The minimum Gasteiger partial charge on any atom is -0.494 e. The van der Waals surface area contributed by atoms with Gasteiger partial charge in [-0.3, -0.25) is 0 Å². The first-order chi connectivity index (χ1) is 26.8.